The third-order valence-electron chi connectivity index (χ3n) is 1.27. The Balaban J connectivity index is 3.34. The van der Waals surface area contributed by atoms with Crippen molar-refractivity contribution in [2.75, 3.05) is 26.9 Å². The largest absolute Gasteiger partial charge is 0.457 e. The Morgan fingerprint density at radius 1 is 1.54 bits per heavy atom. The van der Waals surface area contributed by atoms with Crippen molar-refractivity contribution in [1.82, 2.24) is 0 Å². The van der Waals surface area contributed by atoms with Crippen molar-refractivity contribution in [1.29, 1.82) is 0 Å². The lowest BCUT2D eigenvalue weighted by molar-refractivity contribution is -0.145. The molecule has 0 aliphatic carbocycles. The van der Waals surface area contributed by atoms with Gasteiger partial charge < -0.3 is 14.2 Å². The summed E-state index contributed by atoms with van der Waals surface area (Å²) >= 11 is 0. The average Bonchev–Trinajstić information content (AvgIpc) is 2.12. The lowest BCUT2D eigenvalue weighted by atomic mass is 10.4. The van der Waals surface area contributed by atoms with Crippen LogP contribution in [0.4, 0.5) is 0 Å². The van der Waals surface area contributed by atoms with E-state index in [0.29, 0.717) is 19.8 Å². The number of carbonyl (C=O) groups is 1. The molecule has 4 nitrogen and oxygen atoms in total. The van der Waals surface area contributed by atoms with Crippen LogP contribution in [0.25, 0.3) is 0 Å². The minimum Gasteiger partial charge on any atom is -0.457 e. The Hall–Kier alpha value is -0.870. The van der Waals surface area contributed by atoms with Gasteiger partial charge in [0.1, 0.15) is 6.10 Å². The summed E-state index contributed by atoms with van der Waals surface area (Å²) in [6.45, 7) is 6.47. The Kier molecular flexibility index (Phi) is 7.24. The van der Waals surface area contributed by atoms with Gasteiger partial charge in [-0.25, -0.2) is 4.79 Å². The third kappa shape index (κ3) is 7.49. The summed E-state index contributed by atoms with van der Waals surface area (Å²) in [5.41, 5.74) is 0. The summed E-state index contributed by atoms with van der Waals surface area (Å²) in [5, 5.41) is 0. The van der Waals surface area contributed by atoms with E-state index in [2.05, 4.69) is 6.58 Å². The van der Waals surface area contributed by atoms with Gasteiger partial charge in [-0.1, -0.05) is 6.58 Å². The Labute approximate surface area is 78.5 Å². The molecule has 0 radical (unpaired) electrons. The minimum atomic E-state index is -0.428. The van der Waals surface area contributed by atoms with E-state index in [1.807, 2.05) is 0 Å². The lowest BCUT2D eigenvalue weighted by Gasteiger charge is -2.11. The van der Waals surface area contributed by atoms with Crippen molar-refractivity contribution in [2.24, 2.45) is 0 Å². The summed E-state index contributed by atoms with van der Waals surface area (Å²) in [4.78, 5) is 10.7. The molecule has 0 aliphatic rings. The first kappa shape index (κ1) is 12.1. The van der Waals surface area contributed by atoms with Gasteiger partial charge in [0.25, 0.3) is 0 Å². The van der Waals surface area contributed by atoms with Crippen molar-refractivity contribution in [3.8, 4) is 0 Å². The summed E-state index contributed by atoms with van der Waals surface area (Å²) in [5.74, 6) is -0.428. The molecule has 0 amide bonds. The Morgan fingerprint density at radius 3 is 2.77 bits per heavy atom. The molecular formula is C9H16O4. The van der Waals surface area contributed by atoms with E-state index in [1.54, 1.807) is 14.0 Å². The van der Waals surface area contributed by atoms with Crippen LogP contribution in [-0.2, 0) is 19.0 Å². The molecule has 0 rings (SSSR count). The fourth-order valence-corrected chi connectivity index (χ4v) is 0.672. The highest BCUT2D eigenvalue weighted by Crippen LogP contribution is 1.93. The summed E-state index contributed by atoms with van der Waals surface area (Å²) in [6.07, 6.45) is 0.883. The molecule has 0 aromatic carbocycles. The molecule has 0 heterocycles. The molecule has 1 unspecified atom stereocenters. The Bertz CT molecular complexity index is 156. The van der Waals surface area contributed by atoms with E-state index in [4.69, 9.17) is 14.2 Å². The zero-order valence-corrected chi connectivity index (χ0v) is 8.12. The molecular weight excluding hydrogens is 172 g/mol. The molecule has 0 saturated heterocycles. The van der Waals surface area contributed by atoms with E-state index in [9.17, 15) is 4.79 Å². The Morgan fingerprint density at radius 2 is 2.23 bits per heavy atom. The van der Waals surface area contributed by atoms with Gasteiger partial charge in [-0.3, -0.25) is 0 Å². The number of ether oxygens (including phenoxy) is 3. The second-order valence-corrected chi connectivity index (χ2v) is 2.52. The van der Waals surface area contributed by atoms with Crippen molar-refractivity contribution >= 4 is 5.97 Å². The molecule has 0 aromatic heterocycles. The fourth-order valence-electron chi connectivity index (χ4n) is 0.672. The second kappa shape index (κ2) is 7.76. The molecule has 0 N–H and O–H groups in total. The van der Waals surface area contributed by atoms with Gasteiger partial charge in [0, 0.05) is 13.2 Å². The molecule has 0 fully saturated rings. The van der Waals surface area contributed by atoms with Gasteiger partial charge in [0.05, 0.1) is 19.8 Å². The lowest BCUT2D eigenvalue weighted by Crippen LogP contribution is -2.20. The van der Waals surface area contributed by atoms with E-state index < -0.39 is 5.97 Å². The zero-order chi connectivity index (χ0) is 10.1. The number of methoxy groups -OCH3 is 1. The van der Waals surface area contributed by atoms with Crippen LogP contribution >= 0.6 is 0 Å². The first-order chi connectivity index (χ1) is 6.20. The van der Waals surface area contributed by atoms with E-state index >= 15 is 0 Å². The van der Waals surface area contributed by atoms with Crippen LogP contribution in [-0.4, -0.2) is 39.0 Å². The molecule has 0 aliphatic heterocycles. The highest BCUT2D eigenvalue weighted by atomic mass is 16.6. The molecule has 13 heavy (non-hydrogen) atoms. The van der Waals surface area contributed by atoms with Gasteiger partial charge in [-0.05, 0) is 6.92 Å². The normalized spacial score (nSPS) is 12.2. The molecule has 1 atom stereocenters. The van der Waals surface area contributed by atoms with Gasteiger partial charge >= 0.3 is 5.97 Å². The van der Waals surface area contributed by atoms with Crippen molar-refractivity contribution in [3.05, 3.63) is 12.7 Å². The SMILES string of the molecule is C=CC(=O)OC(C)COCCOC. The molecule has 0 bridgehead atoms. The molecule has 0 aromatic rings. The van der Waals surface area contributed by atoms with Gasteiger partial charge in [-0.15, -0.1) is 0 Å². The maximum absolute atomic E-state index is 10.7. The second-order valence-electron chi connectivity index (χ2n) is 2.52. The monoisotopic (exact) mass is 188 g/mol. The standard InChI is InChI=1S/C9H16O4/c1-4-9(10)13-8(2)7-12-6-5-11-3/h4,8H,1,5-7H2,2-3H3. The topological polar surface area (TPSA) is 44.8 Å². The summed E-state index contributed by atoms with van der Waals surface area (Å²) in [7, 11) is 1.60. The smallest absolute Gasteiger partial charge is 0.330 e. The van der Waals surface area contributed by atoms with Crippen LogP contribution in [0.5, 0.6) is 0 Å². The summed E-state index contributed by atoms with van der Waals surface area (Å²) < 4.78 is 14.8. The van der Waals surface area contributed by atoms with Crippen molar-refractivity contribution in [2.45, 2.75) is 13.0 Å². The highest BCUT2D eigenvalue weighted by Gasteiger charge is 2.05. The van der Waals surface area contributed by atoms with Crippen LogP contribution in [0.3, 0.4) is 0 Å². The maximum Gasteiger partial charge on any atom is 0.330 e. The molecule has 0 spiro atoms. The number of hydrogen-bond acceptors (Lipinski definition) is 4. The highest BCUT2D eigenvalue weighted by molar-refractivity contribution is 5.81. The predicted octanol–water partition coefficient (Wildman–Crippen LogP) is 0.767. The predicted molar refractivity (Wildman–Crippen MR) is 48.4 cm³/mol. The molecule has 4 heteroatoms. The number of esters is 1. The van der Waals surface area contributed by atoms with Gasteiger partial charge in [0.2, 0.25) is 0 Å². The first-order valence-corrected chi connectivity index (χ1v) is 4.10. The van der Waals surface area contributed by atoms with E-state index in [1.165, 1.54) is 0 Å². The van der Waals surface area contributed by atoms with Crippen LogP contribution in [0.2, 0.25) is 0 Å². The van der Waals surface area contributed by atoms with E-state index in [0.717, 1.165) is 6.08 Å². The quantitative estimate of drug-likeness (QED) is 0.336. The maximum atomic E-state index is 10.7. The van der Waals surface area contributed by atoms with Crippen molar-refractivity contribution in [3.63, 3.8) is 0 Å². The van der Waals surface area contributed by atoms with Gasteiger partial charge in [0.15, 0.2) is 0 Å². The van der Waals surface area contributed by atoms with Crippen molar-refractivity contribution < 1.29 is 19.0 Å². The fraction of sp³-hybridized carbons (Fsp3) is 0.667. The number of carbonyl (C=O) groups excluding carboxylic acids is 1. The average molecular weight is 188 g/mol. The number of rotatable bonds is 7. The molecule has 76 valence electrons. The number of hydrogen-bond donors (Lipinski definition) is 0. The minimum absolute atomic E-state index is 0.248. The van der Waals surface area contributed by atoms with Crippen LogP contribution < -0.4 is 0 Å². The zero-order valence-electron chi connectivity index (χ0n) is 8.12. The van der Waals surface area contributed by atoms with E-state index in [-0.39, 0.29) is 6.10 Å². The third-order valence-corrected chi connectivity index (χ3v) is 1.27. The first-order valence-electron chi connectivity index (χ1n) is 4.10. The van der Waals surface area contributed by atoms with Crippen LogP contribution in [0.1, 0.15) is 6.92 Å². The van der Waals surface area contributed by atoms with Crippen LogP contribution in [0.15, 0.2) is 12.7 Å². The summed E-state index contributed by atoms with van der Waals surface area (Å²) in [6, 6.07) is 0. The van der Waals surface area contributed by atoms with Crippen LogP contribution in [0, 0.1) is 0 Å². The van der Waals surface area contributed by atoms with Gasteiger partial charge in [-0.2, -0.15) is 0 Å². The molecule has 0 saturated carbocycles.